The molecule has 1 heteroatoms. The summed E-state index contributed by atoms with van der Waals surface area (Å²) in [6.07, 6.45) is 7.56. The molecule has 98 valence electrons. The Morgan fingerprint density at radius 3 is 2.65 bits per heavy atom. The quantitative estimate of drug-likeness (QED) is 0.644. The molecule has 1 aliphatic rings. The minimum absolute atomic E-state index is 0.750. The summed E-state index contributed by atoms with van der Waals surface area (Å²) < 4.78 is 0. The summed E-state index contributed by atoms with van der Waals surface area (Å²) in [5.74, 6) is 2.41. The Morgan fingerprint density at radius 2 is 2.06 bits per heavy atom. The maximum atomic E-state index is 4.64. The maximum absolute atomic E-state index is 4.64. The van der Waals surface area contributed by atoms with Crippen molar-refractivity contribution in [3.8, 4) is 0 Å². The van der Waals surface area contributed by atoms with Crippen LogP contribution in [0.1, 0.15) is 60.3 Å². The maximum Gasteiger partial charge on any atom is 0.0398 e. The van der Waals surface area contributed by atoms with E-state index in [1.807, 2.05) is 0 Å². The van der Waals surface area contributed by atoms with Gasteiger partial charge in [0.2, 0.25) is 0 Å². The number of hydrogen-bond donors (Lipinski definition) is 0. The molecule has 0 N–H and O–H groups in total. The number of nitrogens with zero attached hydrogens (tertiary/aromatic N) is 1. The summed E-state index contributed by atoms with van der Waals surface area (Å²) >= 11 is 0. The molecule has 0 saturated carbocycles. The van der Waals surface area contributed by atoms with Crippen molar-refractivity contribution < 1.29 is 0 Å². The average Bonchev–Trinajstić information content (AvgIpc) is 2.39. The van der Waals surface area contributed by atoms with Crippen LogP contribution in [0.15, 0.2) is 16.6 Å². The minimum atomic E-state index is 0.750. The van der Waals surface area contributed by atoms with Gasteiger partial charge < -0.3 is 0 Å². The van der Waals surface area contributed by atoms with Crippen molar-refractivity contribution in [1.29, 1.82) is 0 Å². The van der Waals surface area contributed by atoms with Gasteiger partial charge in [0.15, 0.2) is 0 Å². The van der Waals surface area contributed by atoms with Crippen LogP contribution in [-0.4, -0.2) is 12.3 Å². The Hall–Kier alpha value is -0.590. The lowest BCUT2D eigenvalue weighted by atomic mass is 9.86. The van der Waals surface area contributed by atoms with Gasteiger partial charge in [0.25, 0.3) is 0 Å². The Morgan fingerprint density at radius 1 is 1.35 bits per heavy atom. The molecule has 2 unspecified atom stereocenters. The molecule has 0 aromatic heterocycles. The third kappa shape index (κ3) is 5.06. The fourth-order valence-corrected chi connectivity index (χ4v) is 2.97. The summed E-state index contributed by atoms with van der Waals surface area (Å²) in [7, 11) is 0. The molecule has 1 aliphatic heterocycles. The van der Waals surface area contributed by atoms with Crippen LogP contribution >= 0.6 is 0 Å². The summed E-state index contributed by atoms with van der Waals surface area (Å²) in [4.78, 5) is 4.64. The first kappa shape index (κ1) is 14.5. The van der Waals surface area contributed by atoms with Crippen molar-refractivity contribution in [3.63, 3.8) is 0 Å². The topological polar surface area (TPSA) is 12.4 Å². The zero-order valence-corrected chi connectivity index (χ0v) is 12.3. The first-order valence-electron chi connectivity index (χ1n) is 7.25. The standard InChI is InChI=1S/C16H29N/c1-6-16-11-15(7-8-17-14(16)5)10-13(4)9-12(2)3/h11-13,15H,6-10H2,1-5H3. The van der Waals surface area contributed by atoms with Crippen molar-refractivity contribution in [2.45, 2.75) is 60.3 Å². The highest BCUT2D eigenvalue weighted by Crippen LogP contribution is 2.26. The summed E-state index contributed by atoms with van der Waals surface area (Å²) in [5, 5.41) is 0. The predicted octanol–water partition coefficient (Wildman–Crippen LogP) is 4.88. The van der Waals surface area contributed by atoms with E-state index in [4.69, 9.17) is 0 Å². The second kappa shape index (κ2) is 6.98. The predicted molar refractivity (Wildman–Crippen MR) is 77.7 cm³/mol. The smallest absolute Gasteiger partial charge is 0.0398 e. The SMILES string of the molecule is CCC1=CC(CC(C)CC(C)C)CCN=C1C. The van der Waals surface area contributed by atoms with Gasteiger partial charge in [-0.25, -0.2) is 0 Å². The number of rotatable bonds is 5. The molecule has 0 aromatic rings. The van der Waals surface area contributed by atoms with Crippen LogP contribution in [0.4, 0.5) is 0 Å². The number of allylic oxidation sites excluding steroid dienone is 2. The lowest BCUT2D eigenvalue weighted by Crippen LogP contribution is -2.08. The van der Waals surface area contributed by atoms with Crippen LogP contribution in [-0.2, 0) is 0 Å². The third-order valence-electron chi connectivity index (χ3n) is 3.71. The fourth-order valence-electron chi connectivity index (χ4n) is 2.97. The van der Waals surface area contributed by atoms with E-state index in [0.29, 0.717) is 0 Å². The highest BCUT2D eigenvalue weighted by Gasteiger charge is 2.15. The second-order valence-electron chi connectivity index (χ2n) is 6.03. The lowest BCUT2D eigenvalue weighted by Gasteiger charge is -2.19. The number of aliphatic imine (C=N–C) groups is 1. The molecule has 1 nitrogen and oxygen atoms in total. The van der Waals surface area contributed by atoms with Gasteiger partial charge in [-0.3, -0.25) is 4.99 Å². The normalized spacial score (nSPS) is 23.1. The fraction of sp³-hybridized carbons (Fsp3) is 0.812. The molecule has 17 heavy (non-hydrogen) atoms. The molecular formula is C16H29N. The zero-order chi connectivity index (χ0) is 12.8. The van der Waals surface area contributed by atoms with Crippen molar-refractivity contribution >= 4 is 5.71 Å². The number of hydrogen-bond acceptors (Lipinski definition) is 1. The van der Waals surface area contributed by atoms with E-state index in [-0.39, 0.29) is 0 Å². The highest BCUT2D eigenvalue weighted by atomic mass is 14.7. The van der Waals surface area contributed by atoms with Crippen LogP contribution in [0.2, 0.25) is 0 Å². The van der Waals surface area contributed by atoms with Gasteiger partial charge in [0.1, 0.15) is 0 Å². The molecule has 0 saturated heterocycles. The van der Waals surface area contributed by atoms with Gasteiger partial charge in [-0.1, -0.05) is 33.8 Å². The van der Waals surface area contributed by atoms with E-state index in [9.17, 15) is 0 Å². The monoisotopic (exact) mass is 235 g/mol. The van der Waals surface area contributed by atoms with E-state index in [1.165, 1.54) is 30.5 Å². The zero-order valence-electron chi connectivity index (χ0n) is 12.3. The van der Waals surface area contributed by atoms with Crippen LogP contribution in [0, 0.1) is 17.8 Å². The van der Waals surface area contributed by atoms with E-state index in [0.717, 1.165) is 30.7 Å². The molecule has 0 aliphatic carbocycles. The first-order valence-corrected chi connectivity index (χ1v) is 7.25. The molecule has 0 bridgehead atoms. The summed E-state index contributed by atoms with van der Waals surface area (Å²) in [6.45, 7) is 12.5. The second-order valence-corrected chi connectivity index (χ2v) is 6.03. The van der Waals surface area contributed by atoms with Gasteiger partial charge >= 0.3 is 0 Å². The molecule has 2 atom stereocenters. The molecular weight excluding hydrogens is 206 g/mol. The Labute approximate surface area is 107 Å². The van der Waals surface area contributed by atoms with Gasteiger partial charge in [-0.15, -0.1) is 0 Å². The van der Waals surface area contributed by atoms with Crippen LogP contribution in [0.5, 0.6) is 0 Å². The average molecular weight is 235 g/mol. The van der Waals surface area contributed by atoms with Gasteiger partial charge in [-0.2, -0.15) is 0 Å². The molecule has 0 spiro atoms. The summed E-state index contributed by atoms with van der Waals surface area (Å²) in [6, 6.07) is 0. The third-order valence-corrected chi connectivity index (χ3v) is 3.71. The Kier molecular flexibility index (Phi) is 5.94. The van der Waals surface area contributed by atoms with Crippen molar-refractivity contribution in [2.75, 3.05) is 6.54 Å². The Bertz CT molecular complexity index is 286. The van der Waals surface area contributed by atoms with Gasteiger partial charge in [0, 0.05) is 12.3 Å². The molecule has 1 rings (SSSR count). The molecule has 1 heterocycles. The van der Waals surface area contributed by atoms with Gasteiger partial charge in [0.05, 0.1) is 0 Å². The van der Waals surface area contributed by atoms with E-state index < -0.39 is 0 Å². The minimum Gasteiger partial charge on any atom is -0.290 e. The highest BCUT2D eigenvalue weighted by molar-refractivity contribution is 5.98. The summed E-state index contributed by atoms with van der Waals surface area (Å²) in [5.41, 5.74) is 2.75. The van der Waals surface area contributed by atoms with Crippen molar-refractivity contribution in [3.05, 3.63) is 11.6 Å². The van der Waals surface area contributed by atoms with Gasteiger partial charge in [-0.05, 0) is 55.9 Å². The van der Waals surface area contributed by atoms with Crippen molar-refractivity contribution in [1.82, 2.24) is 0 Å². The largest absolute Gasteiger partial charge is 0.290 e. The van der Waals surface area contributed by atoms with E-state index in [2.05, 4.69) is 45.7 Å². The molecule has 0 fully saturated rings. The molecule has 0 radical (unpaired) electrons. The lowest BCUT2D eigenvalue weighted by molar-refractivity contribution is 0.365. The van der Waals surface area contributed by atoms with Crippen LogP contribution in [0.25, 0.3) is 0 Å². The van der Waals surface area contributed by atoms with Crippen molar-refractivity contribution in [2.24, 2.45) is 22.7 Å². The van der Waals surface area contributed by atoms with E-state index in [1.54, 1.807) is 0 Å². The molecule has 0 aromatic carbocycles. The van der Waals surface area contributed by atoms with Crippen LogP contribution in [0.3, 0.4) is 0 Å². The van der Waals surface area contributed by atoms with E-state index >= 15 is 0 Å². The Balaban J connectivity index is 2.57. The first-order chi connectivity index (χ1) is 8.02. The molecule has 0 amide bonds. The van der Waals surface area contributed by atoms with Crippen LogP contribution < -0.4 is 0 Å².